The SMILES string of the molecule is COc1ccc(C(=O)Nc2nccnc2C(=O)N2CCCCCC2)cc1. The first-order valence-electron chi connectivity index (χ1n) is 8.74. The van der Waals surface area contributed by atoms with Gasteiger partial charge in [0.25, 0.3) is 11.8 Å². The molecular formula is C19H22N4O3. The molecule has 26 heavy (non-hydrogen) atoms. The van der Waals surface area contributed by atoms with Crippen LogP contribution in [0.3, 0.4) is 0 Å². The Morgan fingerprint density at radius 3 is 2.31 bits per heavy atom. The molecule has 1 fully saturated rings. The summed E-state index contributed by atoms with van der Waals surface area (Å²) < 4.78 is 5.09. The Morgan fingerprint density at radius 1 is 1.00 bits per heavy atom. The molecule has 1 aromatic heterocycles. The van der Waals surface area contributed by atoms with E-state index in [1.165, 1.54) is 12.4 Å². The van der Waals surface area contributed by atoms with Crippen LogP contribution in [0.1, 0.15) is 46.5 Å². The summed E-state index contributed by atoms with van der Waals surface area (Å²) in [4.78, 5) is 35.4. The molecule has 1 N–H and O–H groups in total. The quantitative estimate of drug-likeness (QED) is 0.913. The second kappa shape index (κ2) is 8.42. The summed E-state index contributed by atoms with van der Waals surface area (Å²) in [5, 5.41) is 2.70. The van der Waals surface area contributed by atoms with Gasteiger partial charge in [-0.25, -0.2) is 9.97 Å². The molecule has 2 aromatic rings. The first-order chi connectivity index (χ1) is 12.7. The minimum Gasteiger partial charge on any atom is -0.497 e. The molecule has 0 aliphatic carbocycles. The molecule has 0 radical (unpaired) electrons. The summed E-state index contributed by atoms with van der Waals surface area (Å²) in [5.74, 6) is 0.309. The molecule has 0 bridgehead atoms. The Hall–Kier alpha value is -2.96. The zero-order valence-corrected chi connectivity index (χ0v) is 14.8. The maximum Gasteiger partial charge on any atom is 0.276 e. The number of aromatic nitrogens is 2. The van der Waals surface area contributed by atoms with Crippen molar-refractivity contribution in [3.8, 4) is 5.75 Å². The van der Waals surface area contributed by atoms with E-state index >= 15 is 0 Å². The van der Waals surface area contributed by atoms with E-state index in [9.17, 15) is 9.59 Å². The van der Waals surface area contributed by atoms with Gasteiger partial charge in [-0.15, -0.1) is 0 Å². The second-order valence-corrected chi connectivity index (χ2v) is 6.14. The van der Waals surface area contributed by atoms with Gasteiger partial charge in [-0.3, -0.25) is 9.59 Å². The molecule has 2 amide bonds. The number of carbonyl (C=O) groups is 2. The lowest BCUT2D eigenvalue weighted by molar-refractivity contribution is 0.0756. The summed E-state index contributed by atoms with van der Waals surface area (Å²) in [6.07, 6.45) is 7.16. The molecule has 0 saturated carbocycles. The predicted molar refractivity (Wildman–Crippen MR) is 97.4 cm³/mol. The van der Waals surface area contributed by atoms with Gasteiger partial charge in [-0.2, -0.15) is 0 Å². The minimum atomic E-state index is -0.349. The molecule has 3 rings (SSSR count). The highest BCUT2D eigenvalue weighted by molar-refractivity contribution is 6.07. The van der Waals surface area contributed by atoms with Crippen molar-refractivity contribution in [2.24, 2.45) is 0 Å². The first kappa shape index (κ1) is 17.8. The van der Waals surface area contributed by atoms with Crippen molar-refractivity contribution in [1.82, 2.24) is 14.9 Å². The van der Waals surface area contributed by atoms with Crippen molar-refractivity contribution < 1.29 is 14.3 Å². The van der Waals surface area contributed by atoms with E-state index in [1.807, 2.05) is 0 Å². The summed E-state index contributed by atoms with van der Waals surface area (Å²) in [6.45, 7) is 1.42. The van der Waals surface area contributed by atoms with Crippen LogP contribution in [0.4, 0.5) is 5.82 Å². The van der Waals surface area contributed by atoms with Gasteiger partial charge in [0.2, 0.25) is 0 Å². The molecule has 0 spiro atoms. The summed E-state index contributed by atoms with van der Waals surface area (Å²) in [5.41, 5.74) is 0.626. The molecule has 0 unspecified atom stereocenters. The Balaban J connectivity index is 1.77. The third-order valence-corrected chi connectivity index (χ3v) is 4.38. The Kier molecular flexibility index (Phi) is 5.78. The van der Waals surface area contributed by atoms with Crippen LogP contribution in [0.5, 0.6) is 5.75 Å². The smallest absolute Gasteiger partial charge is 0.276 e. The van der Waals surface area contributed by atoms with Gasteiger partial charge in [-0.05, 0) is 37.1 Å². The molecule has 1 aliphatic heterocycles. The molecule has 136 valence electrons. The number of likely N-dealkylation sites (tertiary alicyclic amines) is 1. The van der Waals surface area contributed by atoms with E-state index < -0.39 is 0 Å². The fourth-order valence-electron chi connectivity index (χ4n) is 2.93. The van der Waals surface area contributed by atoms with Crippen LogP contribution in [0, 0.1) is 0 Å². The maximum absolute atomic E-state index is 12.8. The highest BCUT2D eigenvalue weighted by atomic mass is 16.5. The van der Waals surface area contributed by atoms with Crippen LogP contribution < -0.4 is 10.1 Å². The number of carbonyl (C=O) groups excluding carboxylic acids is 2. The van der Waals surface area contributed by atoms with Crippen molar-refractivity contribution in [1.29, 1.82) is 0 Å². The topological polar surface area (TPSA) is 84.4 Å². The number of hydrogen-bond donors (Lipinski definition) is 1. The Morgan fingerprint density at radius 2 is 1.65 bits per heavy atom. The second-order valence-electron chi connectivity index (χ2n) is 6.14. The van der Waals surface area contributed by atoms with E-state index in [1.54, 1.807) is 36.3 Å². The van der Waals surface area contributed by atoms with Crippen LogP contribution >= 0.6 is 0 Å². The summed E-state index contributed by atoms with van der Waals surface area (Å²) in [7, 11) is 1.56. The lowest BCUT2D eigenvalue weighted by Gasteiger charge is -2.20. The number of ether oxygens (including phenoxy) is 1. The zero-order valence-electron chi connectivity index (χ0n) is 14.8. The number of anilines is 1. The molecule has 1 aromatic carbocycles. The van der Waals surface area contributed by atoms with Gasteiger partial charge in [0.1, 0.15) is 5.75 Å². The van der Waals surface area contributed by atoms with Crippen LogP contribution in [0.15, 0.2) is 36.7 Å². The molecular weight excluding hydrogens is 332 g/mol. The Labute approximate surface area is 152 Å². The standard InChI is InChI=1S/C19H22N4O3/c1-26-15-8-6-14(7-9-15)18(24)22-17-16(20-10-11-21-17)19(25)23-12-4-2-3-5-13-23/h6-11H,2-5,12-13H2,1H3,(H,21,22,24). The number of nitrogens with zero attached hydrogens (tertiary/aromatic N) is 3. The van der Waals surface area contributed by atoms with Crippen molar-refractivity contribution in [3.63, 3.8) is 0 Å². The predicted octanol–water partition coefficient (Wildman–Crippen LogP) is 2.75. The van der Waals surface area contributed by atoms with Gasteiger partial charge in [0.05, 0.1) is 7.11 Å². The van der Waals surface area contributed by atoms with Crippen LogP contribution in [-0.2, 0) is 0 Å². The van der Waals surface area contributed by atoms with Crippen LogP contribution in [-0.4, -0.2) is 46.9 Å². The fraction of sp³-hybridized carbons (Fsp3) is 0.368. The maximum atomic E-state index is 12.8. The first-order valence-corrected chi connectivity index (χ1v) is 8.74. The molecule has 2 heterocycles. The van der Waals surface area contributed by atoms with Gasteiger partial charge >= 0.3 is 0 Å². The number of rotatable bonds is 4. The van der Waals surface area contributed by atoms with E-state index in [2.05, 4.69) is 15.3 Å². The summed E-state index contributed by atoms with van der Waals surface area (Å²) in [6, 6.07) is 6.71. The van der Waals surface area contributed by atoms with Crippen LogP contribution in [0.25, 0.3) is 0 Å². The van der Waals surface area contributed by atoms with E-state index in [-0.39, 0.29) is 23.3 Å². The molecule has 1 aliphatic rings. The number of amides is 2. The third kappa shape index (κ3) is 4.17. The molecule has 7 nitrogen and oxygen atoms in total. The molecule has 7 heteroatoms. The molecule has 1 saturated heterocycles. The van der Waals surface area contributed by atoms with Crippen molar-refractivity contribution in [3.05, 3.63) is 47.9 Å². The lowest BCUT2D eigenvalue weighted by Crippen LogP contribution is -2.33. The fourth-order valence-corrected chi connectivity index (χ4v) is 2.93. The third-order valence-electron chi connectivity index (χ3n) is 4.38. The number of hydrogen-bond acceptors (Lipinski definition) is 5. The Bertz CT molecular complexity index is 769. The number of nitrogens with one attached hydrogen (secondary N) is 1. The van der Waals surface area contributed by atoms with Crippen LogP contribution in [0.2, 0.25) is 0 Å². The van der Waals surface area contributed by atoms with Gasteiger partial charge < -0.3 is 15.0 Å². The monoisotopic (exact) mass is 354 g/mol. The number of benzene rings is 1. The van der Waals surface area contributed by atoms with Gasteiger partial charge in [0.15, 0.2) is 11.5 Å². The molecule has 0 atom stereocenters. The highest BCUT2D eigenvalue weighted by Crippen LogP contribution is 2.18. The highest BCUT2D eigenvalue weighted by Gasteiger charge is 2.23. The average Bonchev–Trinajstić information content (AvgIpc) is 2.97. The minimum absolute atomic E-state index is 0.177. The number of methoxy groups -OCH3 is 1. The van der Waals surface area contributed by atoms with Crippen molar-refractivity contribution in [2.45, 2.75) is 25.7 Å². The lowest BCUT2D eigenvalue weighted by atomic mass is 10.2. The van der Waals surface area contributed by atoms with Crippen molar-refractivity contribution >= 4 is 17.6 Å². The van der Waals surface area contributed by atoms with E-state index in [4.69, 9.17) is 4.74 Å². The summed E-state index contributed by atoms with van der Waals surface area (Å²) >= 11 is 0. The normalized spacial score (nSPS) is 14.4. The van der Waals surface area contributed by atoms with E-state index in [0.29, 0.717) is 24.4 Å². The van der Waals surface area contributed by atoms with Gasteiger partial charge in [-0.1, -0.05) is 12.8 Å². The largest absolute Gasteiger partial charge is 0.497 e. The zero-order chi connectivity index (χ0) is 18.4. The van der Waals surface area contributed by atoms with Crippen molar-refractivity contribution in [2.75, 3.05) is 25.5 Å². The average molecular weight is 354 g/mol. The van der Waals surface area contributed by atoms with E-state index in [0.717, 1.165) is 25.7 Å². The van der Waals surface area contributed by atoms with Gasteiger partial charge in [0, 0.05) is 31.0 Å².